The Balaban J connectivity index is 2.28. The van der Waals surface area contributed by atoms with Gasteiger partial charge in [-0.25, -0.2) is 0 Å². The molecule has 0 aromatic heterocycles. The summed E-state index contributed by atoms with van der Waals surface area (Å²) in [5.74, 6) is 0.603. The molecule has 0 bridgehead atoms. The number of hydrogen-bond donors (Lipinski definition) is 2. The smallest absolute Gasteiger partial charge is 0.0361 e. The van der Waals surface area contributed by atoms with Crippen molar-refractivity contribution in [2.45, 2.75) is 26.3 Å². The Morgan fingerprint density at radius 1 is 1.27 bits per heavy atom. The third-order valence-electron chi connectivity index (χ3n) is 3.26. The first kappa shape index (κ1) is 10.7. The van der Waals surface area contributed by atoms with Gasteiger partial charge in [0.1, 0.15) is 0 Å². The standard InChI is InChI=1S/C13H20N2/c1-9-5-10(2)7-12(6-9)13-11(8-14)3-4-15-13/h5-7,11,13,15H,3-4,8,14H2,1-2H3. The molecule has 2 rings (SSSR count). The summed E-state index contributed by atoms with van der Waals surface area (Å²) >= 11 is 0. The van der Waals surface area contributed by atoms with Gasteiger partial charge in [0.05, 0.1) is 0 Å². The van der Waals surface area contributed by atoms with Crippen molar-refractivity contribution < 1.29 is 0 Å². The average molecular weight is 204 g/mol. The second-order valence-corrected chi connectivity index (χ2v) is 4.64. The molecule has 2 unspecified atom stereocenters. The lowest BCUT2D eigenvalue weighted by atomic mass is 9.92. The van der Waals surface area contributed by atoms with Crippen molar-refractivity contribution in [1.29, 1.82) is 0 Å². The summed E-state index contributed by atoms with van der Waals surface area (Å²) in [6, 6.07) is 7.24. The van der Waals surface area contributed by atoms with Crippen LogP contribution in [-0.4, -0.2) is 13.1 Å². The van der Waals surface area contributed by atoms with E-state index in [0.29, 0.717) is 12.0 Å². The fraction of sp³-hybridized carbons (Fsp3) is 0.538. The minimum Gasteiger partial charge on any atom is -0.330 e. The number of rotatable bonds is 2. The third kappa shape index (κ3) is 2.21. The van der Waals surface area contributed by atoms with Crippen LogP contribution < -0.4 is 11.1 Å². The summed E-state index contributed by atoms with van der Waals surface area (Å²) in [7, 11) is 0. The number of nitrogens with one attached hydrogen (secondary N) is 1. The molecule has 2 nitrogen and oxygen atoms in total. The molecule has 1 saturated heterocycles. The van der Waals surface area contributed by atoms with E-state index in [4.69, 9.17) is 5.73 Å². The van der Waals surface area contributed by atoms with Crippen LogP contribution in [0, 0.1) is 19.8 Å². The van der Waals surface area contributed by atoms with E-state index < -0.39 is 0 Å². The molecule has 0 aliphatic carbocycles. The molecule has 2 atom stereocenters. The maximum absolute atomic E-state index is 5.80. The molecule has 15 heavy (non-hydrogen) atoms. The highest BCUT2D eigenvalue weighted by molar-refractivity contribution is 5.31. The highest BCUT2D eigenvalue weighted by atomic mass is 15.0. The Bertz CT molecular complexity index is 326. The van der Waals surface area contributed by atoms with E-state index in [1.54, 1.807) is 0 Å². The Labute approximate surface area is 91.9 Å². The van der Waals surface area contributed by atoms with Gasteiger partial charge in [0.25, 0.3) is 0 Å². The van der Waals surface area contributed by atoms with E-state index in [-0.39, 0.29) is 0 Å². The maximum Gasteiger partial charge on any atom is 0.0361 e. The van der Waals surface area contributed by atoms with Gasteiger partial charge in [-0.2, -0.15) is 0 Å². The fourth-order valence-corrected chi connectivity index (χ4v) is 2.59. The monoisotopic (exact) mass is 204 g/mol. The summed E-state index contributed by atoms with van der Waals surface area (Å²) in [6.07, 6.45) is 1.20. The molecule has 0 spiro atoms. The summed E-state index contributed by atoms with van der Waals surface area (Å²) in [5.41, 5.74) is 9.89. The van der Waals surface area contributed by atoms with Gasteiger partial charge >= 0.3 is 0 Å². The Morgan fingerprint density at radius 2 is 1.93 bits per heavy atom. The van der Waals surface area contributed by atoms with Crippen LogP contribution in [0.4, 0.5) is 0 Å². The molecule has 0 radical (unpaired) electrons. The van der Waals surface area contributed by atoms with E-state index >= 15 is 0 Å². The lowest BCUT2D eigenvalue weighted by Gasteiger charge is -2.19. The van der Waals surface area contributed by atoms with Crippen LogP contribution in [0.5, 0.6) is 0 Å². The van der Waals surface area contributed by atoms with Crippen molar-refractivity contribution in [2.75, 3.05) is 13.1 Å². The maximum atomic E-state index is 5.80. The summed E-state index contributed by atoms with van der Waals surface area (Å²) in [6.45, 7) is 6.19. The number of hydrogen-bond acceptors (Lipinski definition) is 2. The van der Waals surface area contributed by atoms with E-state index in [1.165, 1.54) is 23.1 Å². The Morgan fingerprint density at radius 3 is 2.53 bits per heavy atom. The van der Waals surface area contributed by atoms with E-state index in [0.717, 1.165) is 13.1 Å². The average Bonchev–Trinajstić information content (AvgIpc) is 2.63. The van der Waals surface area contributed by atoms with Gasteiger partial charge in [0, 0.05) is 6.04 Å². The predicted molar refractivity (Wildman–Crippen MR) is 63.8 cm³/mol. The van der Waals surface area contributed by atoms with Crippen molar-refractivity contribution >= 4 is 0 Å². The Kier molecular flexibility index (Phi) is 3.08. The van der Waals surface area contributed by atoms with Crippen LogP contribution in [0.15, 0.2) is 18.2 Å². The van der Waals surface area contributed by atoms with Gasteiger partial charge in [0.15, 0.2) is 0 Å². The first-order valence-corrected chi connectivity index (χ1v) is 5.72. The normalized spacial score (nSPS) is 25.8. The summed E-state index contributed by atoms with van der Waals surface area (Å²) < 4.78 is 0. The molecule has 1 aliphatic rings. The van der Waals surface area contributed by atoms with Crippen molar-refractivity contribution in [3.63, 3.8) is 0 Å². The third-order valence-corrected chi connectivity index (χ3v) is 3.26. The number of benzene rings is 1. The SMILES string of the molecule is Cc1cc(C)cc(C2NCCC2CN)c1. The molecule has 1 aromatic carbocycles. The zero-order valence-corrected chi connectivity index (χ0v) is 9.59. The van der Waals surface area contributed by atoms with Crippen LogP contribution in [0.2, 0.25) is 0 Å². The summed E-state index contributed by atoms with van der Waals surface area (Å²) in [5, 5.41) is 3.55. The molecule has 1 fully saturated rings. The van der Waals surface area contributed by atoms with Crippen LogP contribution >= 0.6 is 0 Å². The van der Waals surface area contributed by atoms with Gasteiger partial charge in [-0.15, -0.1) is 0 Å². The molecular weight excluding hydrogens is 184 g/mol. The lowest BCUT2D eigenvalue weighted by Crippen LogP contribution is -2.23. The van der Waals surface area contributed by atoms with Crippen LogP contribution in [-0.2, 0) is 0 Å². The van der Waals surface area contributed by atoms with Gasteiger partial charge in [-0.3, -0.25) is 0 Å². The fourth-order valence-electron chi connectivity index (χ4n) is 2.59. The second kappa shape index (κ2) is 4.33. The zero-order chi connectivity index (χ0) is 10.8. The van der Waals surface area contributed by atoms with Gasteiger partial charge in [0.2, 0.25) is 0 Å². The van der Waals surface area contributed by atoms with Crippen molar-refractivity contribution in [2.24, 2.45) is 11.7 Å². The Hall–Kier alpha value is -0.860. The van der Waals surface area contributed by atoms with Gasteiger partial charge < -0.3 is 11.1 Å². The van der Waals surface area contributed by atoms with Crippen molar-refractivity contribution in [1.82, 2.24) is 5.32 Å². The number of aryl methyl sites for hydroxylation is 2. The first-order valence-electron chi connectivity index (χ1n) is 5.72. The molecule has 1 aromatic rings. The van der Waals surface area contributed by atoms with Gasteiger partial charge in [-0.05, 0) is 44.8 Å². The van der Waals surface area contributed by atoms with Gasteiger partial charge in [-0.1, -0.05) is 29.3 Å². The van der Waals surface area contributed by atoms with Crippen LogP contribution in [0.1, 0.15) is 29.2 Å². The van der Waals surface area contributed by atoms with Crippen molar-refractivity contribution in [3.05, 3.63) is 34.9 Å². The highest BCUT2D eigenvalue weighted by Gasteiger charge is 2.26. The van der Waals surface area contributed by atoms with Crippen LogP contribution in [0.3, 0.4) is 0 Å². The molecule has 0 amide bonds. The van der Waals surface area contributed by atoms with Crippen LogP contribution in [0.25, 0.3) is 0 Å². The minimum absolute atomic E-state index is 0.466. The molecular formula is C13H20N2. The van der Waals surface area contributed by atoms with E-state index in [9.17, 15) is 0 Å². The predicted octanol–water partition coefficient (Wildman–Crippen LogP) is 1.91. The zero-order valence-electron chi connectivity index (χ0n) is 9.59. The molecule has 1 aliphatic heterocycles. The summed E-state index contributed by atoms with van der Waals surface area (Å²) in [4.78, 5) is 0. The minimum atomic E-state index is 0.466. The lowest BCUT2D eigenvalue weighted by molar-refractivity contribution is 0.472. The molecule has 2 heteroatoms. The molecule has 3 N–H and O–H groups in total. The first-order chi connectivity index (χ1) is 7.20. The van der Waals surface area contributed by atoms with E-state index in [1.807, 2.05) is 0 Å². The highest BCUT2D eigenvalue weighted by Crippen LogP contribution is 2.29. The molecule has 0 saturated carbocycles. The number of nitrogens with two attached hydrogens (primary N) is 1. The molecule has 1 heterocycles. The van der Waals surface area contributed by atoms with Crippen molar-refractivity contribution in [3.8, 4) is 0 Å². The topological polar surface area (TPSA) is 38.0 Å². The van der Waals surface area contributed by atoms with E-state index in [2.05, 4.69) is 37.4 Å². The molecule has 82 valence electrons. The second-order valence-electron chi connectivity index (χ2n) is 4.64. The quantitative estimate of drug-likeness (QED) is 0.772. The largest absolute Gasteiger partial charge is 0.330 e.